The summed E-state index contributed by atoms with van der Waals surface area (Å²) < 4.78 is 59.3. The van der Waals surface area contributed by atoms with Crippen molar-refractivity contribution in [2.75, 3.05) is 18.1 Å². The third-order valence-corrected chi connectivity index (χ3v) is 4.99. The van der Waals surface area contributed by atoms with E-state index in [9.17, 15) is 21.6 Å². The molecule has 1 N–H and O–H groups in total. The number of rotatable bonds is 4. The zero-order valence-corrected chi connectivity index (χ0v) is 12.5. The Bertz CT molecular complexity index is 602. The second-order valence-corrected chi connectivity index (χ2v) is 7.82. The van der Waals surface area contributed by atoms with Gasteiger partial charge < -0.3 is 5.32 Å². The number of sulfone groups is 1. The van der Waals surface area contributed by atoms with Crippen molar-refractivity contribution < 1.29 is 21.6 Å². The Hall–Kier alpha value is -1.09. The summed E-state index contributed by atoms with van der Waals surface area (Å²) >= 11 is 5.49. The maximum atomic E-state index is 12.5. The first-order chi connectivity index (χ1) is 8.83. The predicted octanol–water partition coefficient (Wildman–Crippen LogP) is 2.38. The number of anilines is 1. The molecule has 0 fully saturated rings. The van der Waals surface area contributed by atoms with Gasteiger partial charge in [-0.2, -0.15) is 13.2 Å². The van der Waals surface area contributed by atoms with Gasteiger partial charge in [-0.05, 0) is 13.8 Å². The predicted molar refractivity (Wildman–Crippen MR) is 69.5 cm³/mol. The van der Waals surface area contributed by atoms with Gasteiger partial charge in [0.25, 0.3) is 0 Å². The van der Waals surface area contributed by atoms with Crippen LogP contribution in [-0.4, -0.2) is 35.9 Å². The molecule has 0 aliphatic carbocycles. The van der Waals surface area contributed by atoms with Crippen LogP contribution in [0.4, 0.5) is 19.0 Å². The summed E-state index contributed by atoms with van der Waals surface area (Å²) in [6.07, 6.45) is -3.68. The van der Waals surface area contributed by atoms with Crippen LogP contribution in [0, 0.1) is 0 Å². The van der Waals surface area contributed by atoms with E-state index < -0.39 is 26.6 Å². The summed E-state index contributed by atoms with van der Waals surface area (Å²) in [6.45, 7) is 2.78. The molecule has 1 aromatic heterocycles. The van der Waals surface area contributed by atoms with Gasteiger partial charge in [-0.1, -0.05) is 11.6 Å². The van der Waals surface area contributed by atoms with E-state index in [4.69, 9.17) is 11.6 Å². The van der Waals surface area contributed by atoms with E-state index in [0.29, 0.717) is 0 Å². The van der Waals surface area contributed by atoms with Crippen LogP contribution in [0.3, 0.4) is 0 Å². The van der Waals surface area contributed by atoms with Crippen LogP contribution >= 0.6 is 11.6 Å². The number of nitrogens with zero attached hydrogens (tertiary/aromatic N) is 2. The number of hydrogen-bond acceptors (Lipinski definition) is 5. The van der Waals surface area contributed by atoms with E-state index >= 15 is 0 Å². The highest BCUT2D eigenvalue weighted by atomic mass is 35.5. The lowest BCUT2D eigenvalue weighted by atomic mass is 10.2. The average Bonchev–Trinajstić information content (AvgIpc) is 2.23. The van der Waals surface area contributed by atoms with E-state index in [2.05, 4.69) is 15.3 Å². The fourth-order valence-electron chi connectivity index (χ4n) is 1.07. The molecule has 0 spiro atoms. The van der Waals surface area contributed by atoms with Gasteiger partial charge in [0, 0.05) is 18.9 Å². The number of halogens is 4. The van der Waals surface area contributed by atoms with Crippen LogP contribution in [0.1, 0.15) is 19.7 Å². The maximum absolute atomic E-state index is 12.5. The summed E-state index contributed by atoms with van der Waals surface area (Å²) in [4.78, 5) is 6.33. The van der Waals surface area contributed by atoms with Crippen LogP contribution in [0.25, 0.3) is 0 Å². The van der Waals surface area contributed by atoms with E-state index in [1.54, 1.807) is 0 Å². The second kappa shape index (κ2) is 5.36. The molecular formula is C10H13ClF3N3O2S. The zero-order valence-electron chi connectivity index (χ0n) is 10.9. The highest BCUT2D eigenvalue weighted by molar-refractivity contribution is 7.92. The Morgan fingerprint density at radius 3 is 2.30 bits per heavy atom. The van der Waals surface area contributed by atoms with Crippen molar-refractivity contribution in [2.24, 2.45) is 0 Å². The third kappa shape index (κ3) is 4.20. The highest BCUT2D eigenvalue weighted by Gasteiger charge is 2.36. The van der Waals surface area contributed by atoms with Gasteiger partial charge in [0.15, 0.2) is 9.84 Å². The minimum Gasteiger partial charge on any atom is -0.368 e. The fourth-order valence-corrected chi connectivity index (χ4v) is 1.59. The molecule has 114 valence electrons. The molecule has 0 bridgehead atoms. The molecule has 1 heterocycles. The first kappa shape index (κ1) is 17.0. The summed E-state index contributed by atoms with van der Waals surface area (Å²) in [5, 5.41) is 2.15. The Kier molecular flexibility index (Phi) is 4.55. The smallest absolute Gasteiger partial charge is 0.368 e. The first-order valence-corrected chi connectivity index (χ1v) is 7.65. The van der Waals surface area contributed by atoms with E-state index in [1.165, 1.54) is 13.8 Å². The number of alkyl halides is 3. The summed E-state index contributed by atoms with van der Waals surface area (Å²) in [7, 11) is -3.38. The molecule has 5 nitrogen and oxygen atoms in total. The molecule has 20 heavy (non-hydrogen) atoms. The molecular weight excluding hydrogens is 319 g/mol. The maximum Gasteiger partial charge on any atom is 0.451 e. The fraction of sp³-hybridized carbons (Fsp3) is 0.600. The lowest BCUT2D eigenvalue weighted by molar-refractivity contribution is -0.144. The highest BCUT2D eigenvalue weighted by Crippen LogP contribution is 2.28. The van der Waals surface area contributed by atoms with E-state index in [1.807, 2.05) is 0 Å². The number of hydrogen-bond donors (Lipinski definition) is 1. The lowest BCUT2D eigenvalue weighted by Gasteiger charge is -2.23. The summed E-state index contributed by atoms with van der Waals surface area (Å²) in [5.41, 5.74) is 0. The van der Waals surface area contributed by atoms with E-state index in [0.717, 1.165) is 12.3 Å². The summed E-state index contributed by atoms with van der Waals surface area (Å²) in [5.74, 6) is -1.57. The molecule has 10 heteroatoms. The zero-order chi connectivity index (χ0) is 15.8. The Morgan fingerprint density at radius 2 is 1.85 bits per heavy atom. The Balaban J connectivity index is 2.98. The van der Waals surface area contributed by atoms with Crippen molar-refractivity contribution in [1.82, 2.24) is 9.97 Å². The molecule has 0 aromatic carbocycles. The molecule has 0 amide bonds. The van der Waals surface area contributed by atoms with Crippen LogP contribution in [0.15, 0.2) is 6.07 Å². The van der Waals surface area contributed by atoms with Gasteiger partial charge >= 0.3 is 6.18 Å². The van der Waals surface area contributed by atoms with Gasteiger partial charge in [-0.15, -0.1) is 0 Å². The Labute approximate surface area is 119 Å². The molecule has 0 saturated heterocycles. The van der Waals surface area contributed by atoms with Gasteiger partial charge in [0.1, 0.15) is 11.0 Å². The normalized spacial score (nSPS) is 13.3. The quantitative estimate of drug-likeness (QED) is 0.858. The molecule has 0 atom stereocenters. The topological polar surface area (TPSA) is 72.0 Å². The molecule has 0 aliphatic heterocycles. The molecule has 0 radical (unpaired) electrons. The van der Waals surface area contributed by atoms with Crippen molar-refractivity contribution in [3.05, 3.63) is 17.0 Å². The second-order valence-electron chi connectivity index (χ2n) is 4.78. The minimum absolute atomic E-state index is 0.115. The number of aromatic nitrogens is 2. The van der Waals surface area contributed by atoms with Crippen molar-refractivity contribution in [2.45, 2.75) is 24.8 Å². The van der Waals surface area contributed by atoms with Crippen LogP contribution in [0.5, 0.6) is 0 Å². The van der Waals surface area contributed by atoms with Crippen molar-refractivity contribution >= 4 is 27.3 Å². The summed E-state index contributed by atoms with van der Waals surface area (Å²) in [6, 6.07) is 1.09. The molecule has 1 rings (SSSR count). The molecule has 1 aromatic rings. The average molecular weight is 332 g/mol. The van der Waals surface area contributed by atoms with Crippen LogP contribution < -0.4 is 5.32 Å². The molecule has 0 aliphatic rings. The van der Waals surface area contributed by atoms with Gasteiger partial charge in [-0.3, -0.25) is 0 Å². The van der Waals surface area contributed by atoms with Crippen molar-refractivity contribution in [3.63, 3.8) is 0 Å². The first-order valence-electron chi connectivity index (χ1n) is 5.38. The van der Waals surface area contributed by atoms with E-state index in [-0.39, 0.29) is 17.5 Å². The van der Waals surface area contributed by atoms with Gasteiger partial charge in [0.05, 0.1) is 4.75 Å². The minimum atomic E-state index is -4.73. The van der Waals surface area contributed by atoms with Gasteiger partial charge in [-0.25, -0.2) is 18.4 Å². The lowest BCUT2D eigenvalue weighted by Crippen LogP contribution is -2.38. The van der Waals surface area contributed by atoms with Gasteiger partial charge in [0.2, 0.25) is 5.82 Å². The van der Waals surface area contributed by atoms with Crippen LogP contribution in [0.2, 0.25) is 5.15 Å². The van der Waals surface area contributed by atoms with Crippen molar-refractivity contribution in [3.8, 4) is 0 Å². The SMILES string of the molecule is CC(C)(CNc1cc(Cl)nc(C(F)(F)F)n1)S(C)(=O)=O. The number of nitrogens with one attached hydrogen (secondary N) is 1. The largest absolute Gasteiger partial charge is 0.451 e. The van der Waals surface area contributed by atoms with Crippen molar-refractivity contribution in [1.29, 1.82) is 0 Å². The third-order valence-electron chi connectivity index (χ3n) is 2.65. The molecule has 0 unspecified atom stereocenters. The Morgan fingerprint density at radius 1 is 1.30 bits per heavy atom. The standard InChI is InChI=1S/C10H13ClF3N3O2S/c1-9(2,20(3,18)19)5-15-7-4-6(11)16-8(17-7)10(12,13)14/h4H,5H2,1-3H3,(H,15,16,17). The van der Waals surface area contributed by atoms with Crippen LogP contribution in [-0.2, 0) is 16.0 Å². The molecule has 0 saturated carbocycles. The monoisotopic (exact) mass is 331 g/mol.